The molecule has 1 saturated heterocycles. The van der Waals surface area contributed by atoms with E-state index in [0.717, 1.165) is 18.7 Å². The summed E-state index contributed by atoms with van der Waals surface area (Å²) in [5.41, 5.74) is 1.03. The SMILES string of the molecule is C=CCNCC(=C)[C@@H]1COC(C)(C)O1. The van der Waals surface area contributed by atoms with E-state index in [-0.39, 0.29) is 6.10 Å². The molecule has 0 aliphatic carbocycles. The fourth-order valence-electron chi connectivity index (χ4n) is 1.34. The maximum absolute atomic E-state index is 5.65. The molecule has 1 fully saturated rings. The van der Waals surface area contributed by atoms with Crippen LogP contribution in [-0.4, -0.2) is 31.6 Å². The number of nitrogens with one attached hydrogen (secondary N) is 1. The molecule has 0 amide bonds. The topological polar surface area (TPSA) is 30.5 Å². The highest BCUT2D eigenvalue weighted by molar-refractivity contribution is 5.07. The van der Waals surface area contributed by atoms with Gasteiger partial charge in [0.2, 0.25) is 0 Å². The fourth-order valence-corrected chi connectivity index (χ4v) is 1.34. The molecule has 80 valence electrons. The van der Waals surface area contributed by atoms with Crippen LogP contribution >= 0.6 is 0 Å². The van der Waals surface area contributed by atoms with E-state index < -0.39 is 5.79 Å². The van der Waals surface area contributed by atoms with E-state index in [2.05, 4.69) is 18.5 Å². The van der Waals surface area contributed by atoms with E-state index in [0.29, 0.717) is 6.61 Å². The normalized spacial score (nSPS) is 24.9. The Bertz CT molecular complexity index is 223. The number of rotatable bonds is 5. The first kappa shape index (κ1) is 11.4. The Morgan fingerprint density at radius 2 is 2.36 bits per heavy atom. The lowest BCUT2D eigenvalue weighted by Crippen LogP contribution is -2.26. The molecule has 0 radical (unpaired) electrons. The van der Waals surface area contributed by atoms with Crippen molar-refractivity contribution in [3.05, 3.63) is 24.8 Å². The van der Waals surface area contributed by atoms with Gasteiger partial charge >= 0.3 is 0 Å². The van der Waals surface area contributed by atoms with Gasteiger partial charge in [0.1, 0.15) is 6.10 Å². The predicted octanol–water partition coefficient (Wildman–Crippen LogP) is 1.47. The van der Waals surface area contributed by atoms with Crippen LogP contribution in [-0.2, 0) is 9.47 Å². The van der Waals surface area contributed by atoms with Gasteiger partial charge in [-0.2, -0.15) is 0 Å². The van der Waals surface area contributed by atoms with Crippen LogP contribution in [0.5, 0.6) is 0 Å². The molecule has 0 aromatic heterocycles. The van der Waals surface area contributed by atoms with Crippen molar-refractivity contribution in [1.29, 1.82) is 0 Å². The molecule has 0 unspecified atom stereocenters. The van der Waals surface area contributed by atoms with Crippen molar-refractivity contribution in [2.45, 2.75) is 25.7 Å². The molecule has 1 aliphatic rings. The maximum atomic E-state index is 5.65. The first-order valence-electron chi connectivity index (χ1n) is 4.86. The Morgan fingerprint density at radius 1 is 1.64 bits per heavy atom. The molecular weight excluding hydrogens is 178 g/mol. The van der Waals surface area contributed by atoms with Crippen LogP contribution in [0.1, 0.15) is 13.8 Å². The lowest BCUT2D eigenvalue weighted by atomic mass is 10.2. The van der Waals surface area contributed by atoms with Crippen LogP contribution in [0.3, 0.4) is 0 Å². The van der Waals surface area contributed by atoms with Gasteiger partial charge in [0, 0.05) is 13.1 Å². The Morgan fingerprint density at radius 3 is 2.86 bits per heavy atom. The van der Waals surface area contributed by atoms with Gasteiger partial charge in [-0.1, -0.05) is 12.7 Å². The van der Waals surface area contributed by atoms with Crippen molar-refractivity contribution >= 4 is 0 Å². The fraction of sp³-hybridized carbons (Fsp3) is 0.636. The molecule has 1 aliphatic heterocycles. The minimum absolute atomic E-state index is 0.0160. The van der Waals surface area contributed by atoms with E-state index in [1.165, 1.54) is 0 Å². The van der Waals surface area contributed by atoms with Gasteiger partial charge in [0.05, 0.1) is 6.61 Å². The van der Waals surface area contributed by atoms with E-state index in [1.807, 2.05) is 19.9 Å². The van der Waals surface area contributed by atoms with Crippen LogP contribution in [0, 0.1) is 0 Å². The molecular formula is C11H19NO2. The van der Waals surface area contributed by atoms with Crippen molar-refractivity contribution in [2.24, 2.45) is 0 Å². The summed E-state index contributed by atoms with van der Waals surface area (Å²) in [6, 6.07) is 0. The second-order valence-corrected chi connectivity index (χ2v) is 3.90. The zero-order valence-electron chi connectivity index (χ0n) is 9.01. The molecule has 0 saturated carbocycles. The summed E-state index contributed by atoms with van der Waals surface area (Å²) in [4.78, 5) is 0. The zero-order valence-corrected chi connectivity index (χ0v) is 9.01. The lowest BCUT2D eigenvalue weighted by Gasteiger charge is -2.18. The first-order valence-corrected chi connectivity index (χ1v) is 4.86. The molecule has 0 bridgehead atoms. The van der Waals surface area contributed by atoms with Gasteiger partial charge in [0.25, 0.3) is 0 Å². The average molecular weight is 197 g/mol. The molecule has 1 rings (SSSR count). The molecule has 1 atom stereocenters. The molecule has 0 aromatic rings. The number of hydrogen-bond donors (Lipinski definition) is 1. The Labute approximate surface area is 85.8 Å². The molecule has 1 heterocycles. The molecule has 14 heavy (non-hydrogen) atoms. The molecule has 3 heteroatoms. The van der Waals surface area contributed by atoms with Crippen molar-refractivity contribution in [3.8, 4) is 0 Å². The van der Waals surface area contributed by atoms with Crippen LogP contribution in [0.4, 0.5) is 0 Å². The molecule has 3 nitrogen and oxygen atoms in total. The maximum Gasteiger partial charge on any atom is 0.163 e. The Balaban J connectivity index is 2.29. The third-order valence-electron chi connectivity index (χ3n) is 2.10. The summed E-state index contributed by atoms with van der Waals surface area (Å²) in [6.45, 7) is 13.6. The highest BCUT2D eigenvalue weighted by Crippen LogP contribution is 2.25. The van der Waals surface area contributed by atoms with Crippen LogP contribution in [0.2, 0.25) is 0 Å². The van der Waals surface area contributed by atoms with Gasteiger partial charge in [-0.25, -0.2) is 0 Å². The standard InChI is InChI=1S/C11H19NO2/c1-5-6-12-7-9(2)10-8-13-11(3,4)14-10/h5,10,12H,1-2,6-8H2,3-4H3/t10-/m0/s1. The van der Waals surface area contributed by atoms with Crippen LogP contribution in [0.15, 0.2) is 24.8 Å². The Kier molecular flexibility index (Phi) is 3.86. The van der Waals surface area contributed by atoms with Gasteiger partial charge in [-0.15, -0.1) is 6.58 Å². The third-order valence-corrected chi connectivity index (χ3v) is 2.10. The van der Waals surface area contributed by atoms with Crippen molar-refractivity contribution in [2.75, 3.05) is 19.7 Å². The predicted molar refractivity (Wildman–Crippen MR) is 57.1 cm³/mol. The van der Waals surface area contributed by atoms with E-state index in [9.17, 15) is 0 Å². The monoisotopic (exact) mass is 197 g/mol. The summed E-state index contributed by atoms with van der Waals surface area (Å²) >= 11 is 0. The average Bonchev–Trinajstić information content (AvgIpc) is 2.46. The highest BCUT2D eigenvalue weighted by Gasteiger charge is 2.33. The quantitative estimate of drug-likeness (QED) is 0.535. The van der Waals surface area contributed by atoms with Gasteiger partial charge in [-0.05, 0) is 19.4 Å². The first-order chi connectivity index (χ1) is 6.55. The zero-order chi connectivity index (χ0) is 10.6. The van der Waals surface area contributed by atoms with Crippen molar-refractivity contribution in [1.82, 2.24) is 5.32 Å². The molecule has 0 aromatic carbocycles. The summed E-state index contributed by atoms with van der Waals surface area (Å²) in [5.74, 6) is -0.466. The highest BCUT2D eigenvalue weighted by atomic mass is 16.7. The minimum atomic E-state index is -0.466. The number of hydrogen-bond acceptors (Lipinski definition) is 3. The Hall–Kier alpha value is -0.640. The second-order valence-electron chi connectivity index (χ2n) is 3.90. The molecule has 1 N–H and O–H groups in total. The van der Waals surface area contributed by atoms with E-state index in [1.54, 1.807) is 0 Å². The second kappa shape index (κ2) is 4.73. The van der Waals surface area contributed by atoms with Crippen molar-refractivity contribution < 1.29 is 9.47 Å². The summed E-state index contributed by atoms with van der Waals surface area (Å²) < 4.78 is 11.1. The lowest BCUT2D eigenvalue weighted by molar-refractivity contribution is -0.134. The van der Waals surface area contributed by atoms with Gasteiger partial charge in [0.15, 0.2) is 5.79 Å². The summed E-state index contributed by atoms with van der Waals surface area (Å²) in [5, 5.41) is 3.19. The van der Waals surface area contributed by atoms with Gasteiger partial charge in [-0.3, -0.25) is 0 Å². The summed E-state index contributed by atoms with van der Waals surface area (Å²) in [6.07, 6.45) is 1.84. The third kappa shape index (κ3) is 3.25. The van der Waals surface area contributed by atoms with Crippen LogP contribution < -0.4 is 5.32 Å². The van der Waals surface area contributed by atoms with E-state index >= 15 is 0 Å². The summed E-state index contributed by atoms with van der Waals surface area (Å²) in [7, 11) is 0. The van der Waals surface area contributed by atoms with Crippen molar-refractivity contribution in [3.63, 3.8) is 0 Å². The van der Waals surface area contributed by atoms with Crippen LogP contribution in [0.25, 0.3) is 0 Å². The minimum Gasteiger partial charge on any atom is -0.347 e. The number of ether oxygens (including phenoxy) is 2. The smallest absolute Gasteiger partial charge is 0.163 e. The largest absolute Gasteiger partial charge is 0.347 e. The van der Waals surface area contributed by atoms with E-state index in [4.69, 9.17) is 9.47 Å². The van der Waals surface area contributed by atoms with Gasteiger partial charge < -0.3 is 14.8 Å². The molecule has 0 spiro atoms.